The Morgan fingerprint density at radius 1 is 1.11 bits per heavy atom. The lowest BCUT2D eigenvalue weighted by Gasteiger charge is -2.32. The summed E-state index contributed by atoms with van der Waals surface area (Å²) in [4.78, 5) is 23.8. The lowest BCUT2D eigenvalue weighted by molar-refractivity contribution is -0.120. The van der Waals surface area contributed by atoms with Crippen LogP contribution in [0.15, 0.2) is 35.5 Å². The van der Waals surface area contributed by atoms with Crippen LogP contribution in [0.5, 0.6) is 0 Å². The average molecular weight is 538 g/mol. The number of rotatable bonds is 6. The molecule has 1 saturated heterocycles. The van der Waals surface area contributed by atoms with Crippen LogP contribution < -0.4 is 5.32 Å². The number of nitrogens with one attached hydrogen (secondary N) is 1. The highest BCUT2D eigenvalue weighted by molar-refractivity contribution is 7.15. The van der Waals surface area contributed by atoms with Crippen molar-refractivity contribution in [1.29, 1.82) is 0 Å². The molecule has 8 nitrogen and oxygen atoms in total. The number of amides is 1. The van der Waals surface area contributed by atoms with E-state index in [1.807, 2.05) is 35.8 Å². The Balaban J connectivity index is 1.43. The number of piperazine rings is 1. The number of hydrogen-bond donors (Lipinski definition) is 1. The minimum atomic E-state index is -0.0290. The quantitative estimate of drug-likeness (QED) is 0.510. The second-order valence-electron chi connectivity index (χ2n) is 9.68. The van der Waals surface area contributed by atoms with Gasteiger partial charge in [-0.15, -0.1) is 21.5 Å². The molecule has 4 heterocycles. The number of carbonyl (C=O) groups is 1. The molecule has 2 aliphatic heterocycles. The summed E-state index contributed by atoms with van der Waals surface area (Å²) in [6.07, 6.45) is 2.96. The van der Waals surface area contributed by atoms with Crippen LogP contribution in [-0.2, 0) is 4.79 Å². The van der Waals surface area contributed by atoms with Gasteiger partial charge in [0.05, 0.1) is 5.71 Å². The van der Waals surface area contributed by atoms with Gasteiger partial charge in [-0.3, -0.25) is 9.36 Å². The van der Waals surface area contributed by atoms with Crippen LogP contribution in [0, 0.1) is 20.8 Å². The second kappa shape index (κ2) is 10.9. The zero-order chi connectivity index (χ0) is 26.1. The van der Waals surface area contributed by atoms with E-state index in [0.717, 1.165) is 66.8 Å². The number of aryl methyl sites for hydroxylation is 2. The van der Waals surface area contributed by atoms with Crippen molar-refractivity contribution >= 4 is 40.3 Å². The number of carbonyl (C=O) groups excluding carboxylic acids is 1. The minimum absolute atomic E-state index is 0.0290. The van der Waals surface area contributed by atoms with Crippen LogP contribution in [0.4, 0.5) is 0 Å². The predicted octanol–water partition coefficient (Wildman–Crippen LogP) is 4.20. The van der Waals surface area contributed by atoms with Crippen molar-refractivity contribution < 1.29 is 4.79 Å². The Labute approximate surface area is 226 Å². The van der Waals surface area contributed by atoms with Crippen LogP contribution in [0.3, 0.4) is 0 Å². The number of aromatic nitrogens is 3. The standard InChI is InChI=1S/C27H32ClN7OS/c1-17-18(2)37-27-24(17)25(20-7-9-21(28)10-8-20)30-22(26-32-31-19(3)35(26)27)16-29-23(36)6-5-11-34-14-12-33(4)13-15-34/h7-10,16H,5-6,11-15H2,1-4H3,(H,29,36)/b22-16-. The van der Waals surface area contributed by atoms with Gasteiger partial charge < -0.3 is 15.1 Å². The highest BCUT2D eigenvalue weighted by Crippen LogP contribution is 2.38. The maximum absolute atomic E-state index is 12.8. The average Bonchev–Trinajstić information content (AvgIpc) is 3.35. The highest BCUT2D eigenvalue weighted by atomic mass is 35.5. The predicted molar refractivity (Wildman–Crippen MR) is 150 cm³/mol. The van der Waals surface area contributed by atoms with E-state index < -0.39 is 0 Å². The number of fused-ring (bicyclic) bond motifs is 3. The molecule has 194 valence electrons. The molecule has 0 radical (unpaired) electrons. The Bertz CT molecular complexity index is 1360. The van der Waals surface area contributed by atoms with Gasteiger partial charge in [-0.1, -0.05) is 23.7 Å². The Hall–Kier alpha value is -2.85. The molecule has 1 aromatic carbocycles. The molecule has 1 N–H and O–H groups in total. The van der Waals surface area contributed by atoms with Gasteiger partial charge in [0.25, 0.3) is 0 Å². The molecule has 0 aliphatic carbocycles. The van der Waals surface area contributed by atoms with Crippen LogP contribution in [0.25, 0.3) is 10.7 Å². The fourth-order valence-corrected chi connectivity index (χ4v) is 6.05. The number of benzene rings is 1. The van der Waals surface area contributed by atoms with Crippen molar-refractivity contribution in [2.75, 3.05) is 39.8 Å². The van der Waals surface area contributed by atoms with Gasteiger partial charge in [0.2, 0.25) is 5.91 Å². The molecule has 0 atom stereocenters. The number of halogens is 1. The Morgan fingerprint density at radius 2 is 1.84 bits per heavy atom. The maximum atomic E-state index is 12.8. The molecule has 1 amide bonds. The summed E-state index contributed by atoms with van der Waals surface area (Å²) >= 11 is 7.88. The van der Waals surface area contributed by atoms with E-state index in [1.165, 1.54) is 10.4 Å². The third kappa shape index (κ3) is 5.40. The highest BCUT2D eigenvalue weighted by Gasteiger charge is 2.29. The molecular weight excluding hydrogens is 506 g/mol. The number of likely N-dealkylation sites (N-methyl/N-ethyl adjacent to an activating group) is 1. The summed E-state index contributed by atoms with van der Waals surface area (Å²) in [5.41, 5.74) is 4.57. The summed E-state index contributed by atoms with van der Waals surface area (Å²) in [5, 5.41) is 13.5. The van der Waals surface area contributed by atoms with Crippen LogP contribution in [-0.4, -0.2) is 76.0 Å². The lowest BCUT2D eigenvalue weighted by Crippen LogP contribution is -2.44. The van der Waals surface area contributed by atoms with E-state index in [4.69, 9.17) is 16.6 Å². The van der Waals surface area contributed by atoms with E-state index in [0.29, 0.717) is 23.0 Å². The van der Waals surface area contributed by atoms with Crippen molar-refractivity contribution in [2.45, 2.75) is 33.6 Å². The molecule has 0 unspecified atom stereocenters. The third-order valence-electron chi connectivity index (χ3n) is 7.05. The summed E-state index contributed by atoms with van der Waals surface area (Å²) in [6, 6.07) is 7.70. The molecule has 1 fully saturated rings. The first kappa shape index (κ1) is 25.8. The lowest BCUT2D eigenvalue weighted by atomic mass is 10.00. The van der Waals surface area contributed by atoms with Gasteiger partial charge in [-0.2, -0.15) is 0 Å². The van der Waals surface area contributed by atoms with Gasteiger partial charge in [-0.25, -0.2) is 4.99 Å². The van der Waals surface area contributed by atoms with Crippen LogP contribution >= 0.6 is 22.9 Å². The smallest absolute Gasteiger partial charge is 0.224 e. The first-order valence-electron chi connectivity index (χ1n) is 12.6. The van der Waals surface area contributed by atoms with Crippen molar-refractivity contribution in [2.24, 2.45) is 4.99 Å². The summed E-state index contributed by atoms with van der Waals surface area (Å²) < 4.78 is 2.04. The third-order valence-corrected chi connectivity index (χ3v) is 8.50. The molecule has 3 aromatic rings. The van der Waals surface area contributed by atoms with E-state index in [2.05, 4.69) is 46.2 Å². The Kier molecular flexibility index (Phi) is 7.57. The fraction of sp³-hybridized carbons (Fsp3) is 0.407. The van der Waals surface area contributed by atoms with Crippen LogP contribution in [0.2, 0.25) is 5.02 Å². The fourth-order valence-electron chi connectivity index (χ4n) is 4.71. The maximum Gasteiger partial charge on any atom is 0.224 e. The van der Waals surface area contributed by atoms with E-state index >= 15 is 0 Å². The largest absolute Gasteiger partial charge is 0.330 e. The molecule has 2 aromatic heterocycles. The molecule has 5 rings (SSSR count). The van der Waals surface area contributed by atoms with Crippen LogP contribution in [0.1, 0.15) is 46.1 Å². The second-order valence-corrected chi connectivity index (χ2v) is 11.3. The summed E-state index contributed by atoms with van der Waals surface area (Å²) in [5.74, 6) is 1.36. The first-order chi connectivity index (χ1) is 17.8. The van der Waals surface area contributed by atoms with E-state index in [9.17, 15) is 4.79 Å². The zero-order valence-corrected chi connectivity index (χ0v) is 23.3. The minimum Gasteiger partial charge on any atom is -0.330 e. The summed E-state index contributed by atoms with van der Waals surface area (Å²) in [6.45, 7) is 11.4. The van der Waals surface area contributed by atoms with E-state index in [1.54, 1.807) is 17.5 Å². The van der Waals surface area contributed by atoms with Gasteiger partial charge in [-0.05, 0) is 58.5 Å². The first-order valence-corrected chi connectivity index (χ1v) is 13.8. The van der Waals surface area contributed by atoms with Gasteiger partial charge in [0.15, 0.2) is 5.82 Å². The zero-order valence-electron chi connectivity index (χ0n) is 21.7. The molecular formula is C27H32ClN7OS. The van der Waals surface area contributed by atoms with Gasteiger partial charge >= 0.3 is 0 Å². The summed E-state index contributed by atoms with van der Waals surface area (Å²) in [7, 11) is 2.15. The molecule has 2 aliphatic rings. The van der Waals surface area contributed by atoms with E-state index in [-0.39, 0.29) is 5.91 Å². The van der Waals surface area contributed by atoms with Gasteiger partial charge in [0.1, 0.15) is 16.5 Å². The molecule has 37 heavy (non-hydrogen) atoms. The SMILES string of the molecule is Cc1sc2c(c1C)C(c1ccc(Cl)cc1)=N/C(=C\NC(=O)CCCN1CCN(C)CC1)c1nnc(C)n1-2. The monoisotopic (exact) mass is 537 g/mol. The van der Waals surface area contributed by atoms with Gasteiger partial charge in [0, 0.05) is 59.8 Å². The van der Waals surface area contributed by atoms with Crippen molar-refractivity contribution in [3.8, 4) is 5.00 Å². The number of nitrogens with zero attached hydrogens (tertiary/aromatic N) is 6. The molecule has 0 spiro atoms. The van der Waals surface area contributed by atoms with Crippen molar-refractivity contribution in [3.63, 3.8) is 0 Å². The number of thiophene rings is 1. The Morgan fingerprint density at radius 3 is 2.57 bits per heavy atom. The van der Waals surface area contributed by atoms with Crippen molar-refractivity contribution in [3.05, 3.63) is 68.7 Å². The molecule has 0 saturated carbocycles. The number of aliphatic imine (C=N–C) groups is 1. The molecule has 0 bridgehead atoms. The van der Waals surface area contributed by atoms with Crippen molar-refractivity contribution in [1.82, 2.24) is 29.9 Å². The topological polar surface area (TPSA) is 78.7 Å². The normalized spacial score (nSPS) is 17.3. The molecule has 10 heteroatoms. The number of hydrogen-bond acceptors (Lipinski definition) is 7.